The van der Waals surface area contributed by atoms with Gasteiger partial charge < -0.3 is 4.74 Å². The lowest BCUT2D eigenvalue weighted by molar-refractivity contribution is 0.415. The fourth-order valence-electron chi connectivity index (χ4n) is 1.71. The smallest absolute Gasteiger partial charge is 0.118 e. The van der Waals surface area contributed by atoms with Crippen molar-refractivity contribution in [2.75, 3.05) is 7.11 Å². The fourth-order valence-corrected chi connectivity index (χ4v) is 2.01. The Morgan fingerprint density at radius 3 is 2.35 bits per heavy atom. The van der Waals surface area contributed by atoms with Gasteiger partial charge in [-0.05, 0) is 41.5 Å². The summed E-state index contributed by atoms with van der Waals surface area (Å²) in [6.07, 6.45) is 1.79. The summed E-state index contributed by atoms with van der Waals surface area (Å²) < 4.78 is 5.10. The van der Waals surface area contributed by atoms with E-state index < -0.39 is 0 Å². The van der Waals surface area contributed by atoms with Gasteiger partial charge in [-0.25, -0.2) is 0 Å². The lowest BCUT2D eigenvalue weighted by Crippen LogP contribution is -1.84. The molecule has 0 unspecified atom stereocenters. The van der Waals surface area contributed by atoms with Crippen LogP contribution in [0, 0.1) is 11.3 Å². The molecule has 2 aromatic carbocycles. The van der Waals surface area contributed by atoms with Crippen LogP contribution in [0.2, 0.25) is 10.0 Å². The number of nitrogens with zero attached hydrogens (tertiary/aromatic N) is 1. The van der Waals surface area contributed by atoms with Gasteiger partial charge in [0.15, 0.2) is 0 Å². The van der Waals surface area contributed by atoms with Crippen LogP contribution in [0.4, 0.5) is 0 Å². The summed E-state index contributed by atoms with van der Waals surface area (Å²) in [6, 6.07) is 14.8. The molecule has 100 valence electrons. The Balaban J connectivity index is 2.37. The van der Waals surface area contributed by atoms with Gasteiger partial charge in [0.1, 0.15) is 5.75 Å². The van der Waals surface area contributed by atoms with E-state index in [4.69, 9.17) is 27.9 Å². The van der Waals surface area contributed by atoms with E-state index in [9.17, 15) is 5.26 Å². The van der Waals surface area contributed by atoms with E-state index in [2.05, 4.69) is 6.07 Å². The quantitative estimate of drug-likeness (QED) is 0.586. The van der Waals surface area contributed by atoms with Gasteiger partial charge in [-0.3, -0.25) is 0 Å². The molecule has 0 aromatic heterocycles. The summed E-state index contributed by atoms with van der Waals surface area (Å²) in [5.74, 6) is 0.773. The van der Waals surface area contributed by atoms with Crippen molar-refractivity contribution in [1.82, 2.24) is 0 Å². The molecule has 0 aliphatic heterocycles. The number of rotatable bonds is 3. The topological polar surface area (TPSA) is 33.0 Å². The summed E-state index contributed by atoms with van der Waals surface area (Å²) in [5, 5.41) is 10.2. The van der Waals surface area contributed by atoms with Crippen LogP contribution >= 0.6 is 23.2 Å². The normalized spacial score (nSPS) is 11.0. The third-order valence-corrected chi connectivity index (χ3v) is 3.52. The Morgan fingerprint density at radius 1 is 1.10 bits per heavy atom. The minimum Gasteiger partial charge on any atom is -0.497 e. The van der Waals surface area contributed by atoms with Crippen molar-refractivity contribution in [3.63, 3.8) is 0 Å². The molecule has 2 nitrogen and oxygen atoms in total. The first kappa shape index (κ1) is 14.5. The molecule has 0 saturated carbocycles. The molecule has 4 heteroatoms. The van der Waals surface area contributed by atoms with E-state index in [1.54, 1.807) is 31.4 Å². The summed E-state index contributed by atoms with van der Waals surface area (Å²) in [6.45, 7) is 0. The number of halogens is 2. The maximum Gasteiger partial charge on any atom is 0.118 e. The van der Waals surface area contributed by atoms with Crippen molar-refractivity contribution in [2.45, 2.75) is 0 Å². The molecule has 2 aromatic rings. The van der Waals surface area contributed by atoms with E-state index in [1.165, 1.54) is 0 Å². The number of hydrogen-bond acceptors (Lipinski definition) is 2. The molecule has 0 aliphatic rings. The second-order valence-electron chi connectivity index (χ2n) is 4.07. The average molecular weight is 304 g/mol. The van der Waals surface area contributed by atoms with Gasteiger partial charge in [-0.1, -0.05) is 41.4 Å². The van der Waals surface area contributed by atoms with Crippen molar-refractivity contribution in [3.8, 4) is 11.8 Å². The van der Waals surface area contributed by atoms with Crippen molar-refractivity contribution >= 4 is 34.9 Å². The van der Waals surface area contributed by atoms with E-state index in [1.807, 2.05) is 24.3 Å². The Morgan fingerprint density at radius 2 is 1.80 bits per heavy atom. The van der Waals surface area contributed by atoms with Crippen LogP contribution in [-0.2, 0) is 0 Å². The van der Waals surface area contributed by atoms with Crippen LogP contribution in [0.25, 0.3) is 11.6 Å². The summed E-state index contributed by atoms with van der Waals surface area (Å²) in [4.78, 5) is 0. The highest BCUT2D eigenvalue weighted by Gasteiger charge is 2.04. The highest BCUT2D eigenvalue weighted by molar-refractivity contribution is 6.42. The lowest BCUT2D eigenvalue weighted by atomic mass is 10.0. The van der Waals surface area contributed by atoms with Crippen molar-refractivity contribution in [3.05, 3.63) is 63.6 Å². The molecule has 0 radical (unpaired) electrons. The molecular formula is C16H11Cl2NO. The van der Waals surface area contributed by atoms with E-state index in [0.29, 0.717) is 15.6 Å². The van der Waals surface area contributed by atoms with Gasteiger partial charge in [-0.2, -0.15) is 5.26 Å². The first-order valence-corrected chi connectivity index (χ1v) is 6.61. The molecule has 0 N–H and O–H groups in total. The molecule has 0 aliphatic carbocycles. The monoisotopic (exact) mass is 303 g/mol. The number of ether oxygens (including phenoxy) is 1. The molecular weight excluding hydrogens is 293 g/mol. The maximum absolute atomic E-state index is 9.28. The van der Waals surface area contributed by atoms with E-state index in [-0.39, 0.29) is 0 Å². The SMILES string of the molecule is COc1ccc(/C=C(\C#N)c2ccc(Cl)c(Cl)c2)cc1. The van der Waals surface area contributed by atoms with Gasteiger partial charge in [0.05, 0.1) is 28.8 Å². The van der Waals surface area contributed by atoms with E-state index in [0.717, 1.165) is 16.9 Å². The molecule has 0 saturated heterocycles. The highest BCUT2D eigenvalue weighted by Crippen LogP contribution is 2.27. The molecule has 20 heavy (non-hydrogen) atoms. The van der Waals surface area contributed by atoms with Crippen molar-refractivity contribution < 1.29 is 4.74 Å². The minimum absolute atomic E-state index is 0.431. The largest absolute Gasteiger partial charge is 0.497 e. The first-order chi connectivity index (χ1) is 9.63. The maximum atomic E-state index is 9.28. The Bertz CT molecular complexity index is 685. The number of benzene rings is 2. The summed E-state index contributed by atoms with van der Waals surface area (Å²) >= 11 is 11.8. The average Bonchev–Trinajstić information content (AvgIpc) is 2.48. The van der Waals surface area contributed by atoms with Gasteiger partial charge >= 0.3 is 0 Å². The number of methoxy groups -OCH3 is 1. The summed E-state index contributed by atoms with van der Waals surface area (Å²) in [5.41, 5.74) is 2.17. The standard InChI is InChI=1S/C16H11Cl2NO/c1-20-14-5-2-11(3-6-14)8-13(10-19)12-4-7-15(17)16(18)9-12/h2-9H,1H3/b13-8+. The summed E-state index contributed by atoms with van der Waals surface area (Å²) in [7, 11) is 1.61. The lowest BCUT2D eigenvalue weighted by Gasteiger charge is -2.03. The zero-order chi connectivity index (χ0) is 14.5. The Kier molecular flexibility index (Phi) is 4.68. The molecule has 2 rings (SSSR count). The molecule has 0 bridgehead atoms. The molecule has 0 atom stereocenters. The molecule has 0 heterocycles. The Labute approximate surface area is 127 Å². The second kappa shape index (κ2) is 6.47. The fraction of sp³-hybridized carbons (Fsp3) is 0.0625. The van der Waals surface area contributed by atoms with Crippen molar-refractivity contribution in [1.29, 1.82) is 5.26 Å². The van der Waals surface area contributed by atoms with E-state index >= 15 is 0 Å². The van der Waals surface area contributed by atoms with Gasteiger partial charge in [0.2, 0.25) is 0 Å². The highest BCUT2D eigenvalue weighted by atomic mass is 35.5. The molecule has 0 fully saturated rings. The van der Waals surface area contributed by atoms with Crippen molar-refractivity contribution in [2.24, 2.45) is 0 Å². The van der Waals surface area contributed by atoms with Crippen LogP contribution in [-0.4, -0.2) is 7.11 Å². The zero-order valence-electron chi connectivity index (χ0n) is 10.7. The molecule has 0 amide bonds. The Hall–Kier alpha value is -1.95. The van der Waals surface area contributed by atoms with Gasteiger partial charge in [-0.15, -0.1) is 0 Å². The number of hydrogen-bond donors (Lipinski definition) is 0. The third kappa shape index (κ3) is 3.33. The zero-order valence-corrected chi connectivity index (χ0v) is 12.2. The number of nitriles is 1. The predicted octanol–water partition coefficient (Wildman–Crippen LogP) is 5.07. The van der Waals surface area contributed by atoms with Gasteiger partial charge in [0.25, 0.3) is 0 Å². The minimum atomic E-state index is 0.431. The van der Waals surface area contributed by atoms with Crippen LogP contribution in [0.3, 0.4) is 0 Å². The van der Waals surface area contributed by atoms with Crippen LogP contribution in [0.1, 0.15) is 11.1 Å². The first-order valence-electron chi connectivity index (χ1n) is 5.85. The predicted molar refractivity (Wildman–Crippen MR) is 82.9 cm³/mol. The molecule has 0 spiro atoms. The second-order valence-corrected chi connectivity index (χ2v) is 4.89. The third-order valence-electron chi connectivity index (χ3n) is 2.78. The number of allylic oxidation sites excluding steroid dienone is 1. The van der Waals surface area contributed by atoms with Gasteiger partial charge in [0, 0.05) is 0 Å². The van der Waals surface area contributed by atoms with Crippen LogP contribution < -0.4 is 4.74 Å². The van der Waals surface area contributed by atoms with Crippen LogP contribution in [0.5, 0.6) is 5.75 Å². The van der Waals surface area contributed by atoms with Crippen LogP contribution in [0.15, 0.2) is 42.5 Å².